The third kappa shape index (κ3) is 5.25. The first kappa shape index (κ1) is 18.3. The Morgan fingerprint density at radius 1 is 1.12 bits per heavy atom. The molecule has 0 unspecified atom stereocenters. The lowest BCUT2D eigenvalue weighted by molar-refractivity contribution is 0.0930. The molecule has 3 rings (SSSR count). The Balaban J connectivity index is 0.00000208. The lowest BCUT2D eigenvalue weighted by Gasteiger charge is -2.23. The first-order valence-electron chi connectivity index (χ1n) is 8.09. The van der Waals surface area contributed by atoms with Crippen molar-refractivity contribution in [2.24, 2.45) is 0 Å². The van der Waals surface area contributed by atoms with Crippen LogP contribution in [0, 0.1) is 0 Å². The maximum atomic E-state index is 12.2. The van der Waals surface area contributed by atoms with E-state index in [1.54, 1.807) is 0 Å². The molecule has 1 amide bonds. The van der Waals surface area contributed by atoms with Crippen molar-refractivity contribution in [2.45, 2.75) is 25.5 Å². The number of piperidine rings is 1. The van der Waals surface area contributed by atoms with Crippen molar-refractivity contribution in [1.82, 2.24) is 10.6 Å². The van der Waals surface area contributed by atoms with Gasteiger partial charge in [-0.1, -0.05) is 30.3 Å². The summed E-state index contributed by atoms with van der Waals surface area (Å²) < 4.78 is 5.74. The van der Waals surface area contributed by atoms with Crippen LogP contribution in [0.1, 0.15) is 28.8 Å². The number of carbonyl (C=O) groups excluding carboxylic acids is 1. The van der Waals surface area contributed by atoms with Crippen molar-refractivity contribution >= 4 is 18.3 Å². The minimum Gasteiger partial charge on any atom is -0.489 e. The van der Waals surface area contributed by atoms with E-state index in [0.29, 0.717) is 12.2 Å². The van der Waals surface area contributed by atoms with Crippen LogP contribution < -0.4 is 15.4 Å². The van der Waals surface area contributed by atoms with Crippen LogP contribution in [0.25, 0.3) is 0 Å². The minimum atomic E-state index is -0.0201. The molecule has 1 aliphatic rings. The number of hydrogen-bond acceptors (Lipinski definition) is 3. The van der Waals surface area contributed by atoms with Crippen LogP contribution in [0.5, 0.6) is 5.75 Å². The molecule has 2 N–H and O–H groups in total. The largest absolute Gasteiger partial charge is 0.489 e. The van der Waals surface area contributed by atoms with Gasteiger partial charge in [0.1, 0.15) is 12.4 Å². The average molecular weight is 347 g/mol. The summed E-state index contributed by atoms with van der Waals surface area (Å²) in [5.41, 5.74) is 1.79. The quantitative estimate of drug-likeness (QED) is 0.874. The molecule has 1 saturated heterocycles. The molecule has 1 aliphatic heterocycles. The number of carbonyl (C=O) groups is 1. The zero-order chi connectivity index (χ0) is 15.9. The topological polar surface area (TPSA) is 50.4 Å². The highest BCUT2D eigenvalue weighted by Crippen LogP contribution is 2.14. The summed E-state index contributed by atoms with van der Waals surface area (Å²) in [5, 5.41) is 6.37. The second-order valence-corrected chi connectivity index (χ2v) is 5.82. The Hall–Kier alpha value is -2.04. The standard InChI is InChI=1S/C19H22N2O2.ClH/c22-19(21-17-7-4-12-20-13-17)16-8-10-18(11-9-16)23-14-15-5-2-1-3-6-15;/h1-3,5-6,8-11,17,20H,4,7,12-14H2,(H,21,22);1H/t17-;/m1./s1. The van der Waals surface area contributed by atoms with E-state index in [-0.39, 0.29) is 24.4 Å². The van der Waals surface area contributed by atoms with Gasteiger partial charge in [0.05, 0.1) is 0 Å². The number of rotatable bonds is 5. The van der Waals surface area contributed by atoms with E-state index in [1.807, 2.05) is 54.6 Å². The minimum absolute atomic E-state index is 0. The third-order valence-corrected chi connectivity index (χ3v) is 4.00. The Bertz CT molecular complexity index is 626. The zero-order valence-electron chi connectivity index (χ0n) is 13.5. The van der Waals surface area contributed by atoms with Crippen molar-refractivity contribution in [3.8, 4) is 5.75 Å². The fraction of sp³-hybridized carbons (Fsp3) is 0.316. The molecule has 0 aliphatic carbocycles. The van der Waals surface area contributed by atoms with Crippen molar-refractivity contribution in [2.75, 3.05) is 13.1 Å². The molecule has 5 heteroatoms. The molecule has 4 nitrogen and oxygen atoms in total. The van der Waals surface area contributed by atoms with Gasteiger partial charge in [-0.05, 0) is 49.2 Å². The fourth-order valence-electron chi connectivity index (χ4n) is 2.69. The van der Waals surface area contributed by atoms with Gasteiger partial charge in [0, 0.05) is 18.2 Å². The molecule has 24 heavy (non-hydrogen) atoms. The van der Waals surface area contributed by atoms with E-state index >= 15 is 0 Å². The second-order valence-electron chi connectivity index (χ2n) is 5.82. The van der Waals surface area contributed by atoms with Crippen LogP contribution in [0.15, 0.2) is 54.6 Å². The van der Waals surface area contributed by atoms with Crippen molar-refractivity contribution in [3.05, 3.63) is 65.7 Å². The van der Waals surface area contributed by atoms with Crippen molar-refractivity contribution in [3.63, 3.8) is 0 Å². The molecule has 0 aromatic heterocycles. The van der Waals surface area contributed by atoms with E-state index in [9.17, 15) is 4.79 Å². The average Bonchev–Trinajstić information content (AvgIpc) is 2.62. The molecule has 1 atom stereocenters. The van der Waals surface area contributed by atoms with E-state index in [4.69, 9.17) is 4.74 Å². The molecule has 0 radical (unpaired) electrons. The van der Waals surface area contributed by atoms with Crippen molar-refractivity contribution < 1.29 is 9.53 Å². The number of ether oxygens (including phenoxy) is 1. The van der Waals surface area contributed by atoms with Crippen LogP contribution in [-0.2, 0) is 6.61 Å². The molecule has 0 spiro atoms. The highest BCUT2D eigenvalue weighted by molar-refractivity contribution is 5.94. The van der Waals surface area contributed by atoms with Gasteiger partial charge in [0.25, 0.3) is 5.91 Å². The number of halogens is 1. The molecular formula is C19H23ClN2O2. The summed E-state index contributed by atoms with van der Waals surface area (Å²) in [6.45, 7) is 2.42. The number of benzene rings is 2. The van der Waals surface area contributed by atoms with E-state index in [2.05, 4.69) is 10.6 Å². The maximum absolute atomic E-state index is 12.2. The summed E-state index contributed by atoms with van der Waals surface area (Å²) in [4.78, 5) is 12.2. The van der Waals surface area contributed by atoms with E-state index in [1.165, 1.54) is 0 Å². The Labute approximate surface area is 149 Å². The lowest BCUT2D eigenvalue weighted by atomic mass is 10.1. The Morgan fingerprint density at radius 3 is 2.54 bits per heavy atom. The molecule has 1 heterocycles. The predicted molar refractivity (Wildman–Crippen MR) is 97.8 cm³/mol. The van der Waals surface area contributed by atoms with Gasteiger partial charge >= 0.3 is 0 Å². The van der Waals surface area contributed by atoms with Gasteiger partial charge in [-0.15, -0.1) is 12.4 Å². The summed E-state index contributed by atoms with van der Waals surface area (Å²) in [6.07, 6.45) is 2.15. The van der Waals surface area contributed by atoms with Gasteiger partial charge in [0.2, 0.25) is 0 Å². The van der Waals surface area contributed by atoms with Gasteiger partial charge in [-0.3, -0.25) is 4.79 Å². The van der Waals surface area contributed by atoms with Crippen LogP contribution in [-0.4, -0.2) is 25.0 Å². The van der Waals surface area contributed by atoms with Crippen LogP contribution in [0.3, 0.4) is 0 Å². The monoisotopic (exact) mass is 346 g/mol. The smallest absolute Gasteiger partial charge is 0.251 e. The molecule has 128 valence electrons. The van der Waals surface area contributed by atoms with Gasteiger partial charge in [-0.2, -0.15) is 0 Å². The molecule has 1 fully saturated rings. The summed E-state index contributed by atoms with van der Waals surface area (Å²) >= 11 is 0. The normalized spacial score (nSPS) is 16.8. The van der Waals surface area contributed by atoms with Crippen LogP contribution in [0.2, 0.25) is 0 Å². The second kappa shape index (κ2) is 9.30. The molecule has 0 saturated carbocycles. The van der Waals surface area contributed by atoms with Crippen LogP contribution >= 0.6 is 12.4 Å². The van der Waals surface area contributed by atoms with Gasteiger partial charge < -0.3 is 15.4 Å². The predicted octanol–water partition coefficient (Wildman–Crippen LogP) is 3.17. The van der Waals surface area contributed by atoms with Crippen LogP contribution in [0.4, 0.5) is 0 Å². The van der Waals surface area contributed by atoms with Crippen molar-refractivity contribution in [1.29, 1.82) is 0 Å². The highest BCUT2D eigenvalue weighted by atomic mass is 35.5. The lowest BCUT2D eigenvalue weighted by Crippen LogP contribution is -2.45. The van der Waals surface area contributed by atoms with E-state index in [0.717, 1.165) is 37.2 Å². The Morgan fingerprint density at radius 2 is 1.88 bits per heavy atom. The Kier molecular flexibility index (Phi) is 7.09. The highest BCUT2D eigenvalue weighted by Gasteiger charge is 2.16. The zero-order valence-corrected chi connectivity index (χ0v) is 14.4. The fourth-order valence-corrected chi connectivity index (χ4v) is 2.69. The summed E-state index contributed by atoms with van der Waals surface area (Å²) in [6, 6.07) is 17.6. The first-order valence-corrected chi connectivity index (χ1v) is 8.09. The molecule has 0 bridgehead atoms. The SMILES string of the molecule is Cl.O=C(N[C@@H]1CCCNC1)c1ccc(OCc2ccccc2)cc1. The van der Waals surface area contributed by atoms with Gasteiger partial charge in [-0.25, -0.2) is 0 Å². The molecular weight excluding hydrogens is 324 g/mol. The number of amides is 1. The molecule has 2 aromatic carbocycles. The molecule has 2 aromatic rings. The van der Waals surface area contributed by atoms with E-state index < -0.39 is 0 Å². The van der Waals surface area contributed by atoms with Gasteiger partial charge in [0.15, 0.2) is 0 Å². The summed E-state index contributed by atoms with van der Waals surface area (Å²) in [5.74, 6) is 0.748. The first-order chi connectivity index (χ1) is 11.3. The summed E-state index contributed by atoms with van der Waals surface area (Å²) in [7, 11) is 0. The maximum Gasteiger partial charge on any atom is 0.251 e. The number of nitrogens with one attached hydrogen (secondary N) is 2. The number of hydrogen-bond donors (Lipinski definition) is 2. The third-order valence-electron chi connectivity index (χ3n) is 4.00.